The van der Waals surface area contributed by atoms with Crippen molar-refractivity contribution < 1.29 is 4.79 Å². The number of pyridine rings is 1. The van der Waals surface area contributed by atoms with E-state index in [4.69, 9.17) is 11.6 Å². The third-order valence-electron chi connectivity index (χ3n) is 3.74. The van der Waals surface area contributed by atoms with Crippen LogP contribution < -0.4 is 5.32 Å². The third-order valence-corrected chi connectivity index (χ3v) is 4.08. The highest BCUT2D eigenvalue weighted by atomic mass is 35.5. The molecule has 0 aliphatic carbocycles. The lowest BCUT2D eigenvalue weighted by molar-refractivity contribution is -0.115. The van der Waals surface area contributed by atoms with Crippen LogP contribution in [0.25, 0.3) is 11.6 Å². The van der Waals surface area contributed by atoms with Gasteiger partial charge in [-0.25, -0.2) is 0 Å². The quantitative estimate of drug-likeness (QED) is 0.541. The smallest absolute Gasteiger partial charge is 0.252 e. The van der Waals surface area contributed by atoms with Crippen LogP contribution in [0, 0.1) is 0 Å². The van der Waals surface area contributed by atoms with E-state index in [1.54, 1.807) is 12.4 Å². The van der Waals surface area contributed by atoms with Gasteiger partial charge in [-0.1, -0.05) is 60.1 Å². The van der Waals surface area contributed by atoms with Crippen LogP contribution in [0.15, 0.2) is 79.1 Å². The molecule has 0 atom stereocenters. The molecule has 4 heteroatoms. The number of carbonyl (C=O) groups is 1. The lowest BCUT2D eigenvalue weighted by Crippen LogP contribution is -2.23. The Morgan fingerprint density at radius 3 is 2.36 bits per heavy atom. The normalized spacial score (nSPS) is 11.2. The lowest BCUT2D eigenvalue weighted by Gasteiger charge is -2.10. The zero-order chi connectivity index (χ0) is 17.5. The zero-order valence-electron chi connectivity index (χ0n) is 13.5. The van der Waals surface area contributed by atoms with Crippen LogP contribution in [-0.2, 0) is 11.3 Å². The predicted octanol–water partition coefficient (Wildman–Crippen LogP) is 4.59. The summed E-state index contributed by atoms with van der Waals surface area (Å²) in [5.41, 5.74) is 3.22. The highest BCUT2D eigenvalue weighted by Gasteiger charge is 2.12. The van der Waals surface area contributed by atoms with Crippen LogP contribution in [0.2, 0.25) is 5.02 Å². The van der Waals surface area contributed by atoms with Crippen molar-refractivity contribution in [2.24, 2.45) is 0 Å². The van der Waals surface area contributed by atoms with E-state index in [1.807, 2.05) is 72.8 Å². The molecule has 0 unspecified atom stereocenters. The molecule has 0 fully saturated rings. The summed E-state index contributed by atoms with van der Waals surface area (Å²) in [6.45, 7) is 0.439. The van der Waals surface area contributed by atoms with Crippen LogP contribution >= 0.6 is 11.6 Å². The molecule has 124 valence electrons. The summed E-state index contributed by atoms with van der Waals surface area (Å²) < 4.78 is 0. The Morgan fingerprint density at radius 2 is 1.64 bits per heavy atom. The third kappa shape index (κ3) is 4.55. The molecule has 3 aromatic rings. The van der Waals surface area contributed by atoms with Crippen molar-refractivity contribution in [1.29, 1.82) is 0 Å². The van der Waals surface area contributed by atoms with Gasteiger partial charge in [0.15, 0.2) is 0 Å². The number of halogens is 1. The van der Waals surface area contributed by atoms with Crippen molar-refractivity contribution in [2.75, 3.05) is 0 Å². The fourth-order valence-electron chi connectivity index (χ4n) is 2.42. The standard InChI is InChI=1S/C21H17ClN2O/c22-20-9-5-4-8-18(20)14-19(17-6-2-1-3-7-17)21(25)24-15-16-10-12-23-13-11-16/h1-14H,15H2,(H,24,25)/b19-14+. The van der Waals surface area contributed by atoms with Crippen LogP contribution in [0.1, 0.15) is 16.7 Å². The molecule has 0 aliphatic heterocycles. The molecule has 1 aromatic heterocycles. The number of hydrogen-bond donors (Lipinski definition) is 1. The largest absolute Gasteiger partial charge is 0.348 e. The van der Waals surface area contributed by atoms with Crippen molar-refractivity contribution >= 4 is 29.2 Å². The molecule has 2 aromatic carbocycles. The minimum absolute atomic E-state index is 0.150. The van der Waals surface area contributed by atoms with Gasteiger partial charge >= 0.3 is 0 Å². The summed E-state index contributed by atoms with van der Waals surface area (Å²) in [5, 5.41) is 3.57. The highest BCUT2D eigenvalue weighted by Crippen LogP contribution is 2.23. The number of benzene rings is 2. The van der Waals surface area contributed by atoms with E-state index < -0.39 is 0 Å². The number of aromatic nitrogens is 1. The van der Waals surface area contributed by atoms with Crippen molar-refractivity contribution in [3.63, 3.8) is 0 Å². The Kier molecular flexibility index (Phi) is 5.60. The molecule has 1 amide bonds. The molecular formula is C21H17ClN2O. The second kappa shape index (κ2) is 8.27. The minimum Gasteiger partial charge on any atom is -0.348 e. The summed E-state index contributed by atoms with van der Waals surface area (Å²) in [4.78, 5) is 16.8. The van der Waals surface area contributed by atoms with Crippen LogP contribution in [0.4, 0.5) is 0 Å². The molecule has 1 N–H and O–H groups in total. The van der Waals surface area contributed by atoms with E-state index in [0.29, 0.717) is 17.1 Å². The Balaban J connectivity index is 1.89. The average molecular weight is 349 g/mol. The van der Waals surface area contributed by atoms with Gasteiger partial charge in [0.05, 0.1) is 0 Å². The topological polar surface area (TPSA) is 42.0 Å². The number of nitrogens with zero attached hydrogens (tertiary/aromatic N) is 1. The van der Waals surface area contributed by atoms with Crippen molar-refractivity contribution in [3.05, 3.63) is 101 Å². The molecule has 3 nitrogen and oxygen atoms in total. The van der Waals surface area contributed by atoms with Crippen LogP contribution in [-0.4, -0.2) is 10.9 Å². The predicted molar refractivity (Wildman–Crippen MR) is 102 cm³/mol. The number of amides is 1. The van der Waals surface area contributed by atoms with Gasteiger partial charge in [0, 0.05) is 29.5 Å². The fraction of sp³-hybridized carbons (Fsp3) is 0.0476. The highest BCUT2D eigenvalue weighted by molar-refractivity contribution is 6.33. The van der Waals surface area contributed by atoms with Gasteiger partial charge in [0.25, 0.3) is 5.91 Å². The average Bonchev–Trinajstić information content (AvgIpc) is 2.67. The molecule has 0 saturated carbocycles. The van der Waals surface area contributed by atoms with Crippen molar-refractivity contribution in [2.45, 2.75) is 6.54 Å². The summed E-state index contributed by atoms with van der Waals surface area (Å²) in [6, 6.07) is 20.8. The van der Waals surface area contributed by atoms with Gasteiger partial charge in [-0.2, -0.15) is 0 Å². The summed E-state index contributed by atoms with van der Waals surface area (Å²) >= 11 is 6.25. The van der Waals surface area contributed by atoms with Crippen LogP contribution in [0.3, 0.4) is 0 Å². The lowest BCUT2D eigenvalue weighted by atomic mass is 10.0. The van der Waals surface area contributed by atoms with E-state index in [1.165, 1.54) is 0 Å². The Labute approximate surface area is 152 Å². The van der Waals surface area contributed by atoms with Gasteiger partial charge in [-0.05, 0) is 41.0 Å². The van der Waals surface area contributed by atoms with E-state index in [2.05, 4.69) is 10.3 Å². The first-order valence-electron chi connectivity index (χ1n) is 7.93. The number of rotatable bonds is 5. The van der Waals surface area contributed by atoms with Gasteiger partial charge in [0.1, 0.15) is 0 Å². The number of hydrogen-bond acceptors (Lipinski definition) is 2. The molecule has 25 heavy (non-hydrogen) atoms. The molecule has 0 radical (unpaired) electrons. The maximum absolute atomic E-state index is 12.8. The molecular weight excluding hydrogens is 332 g/mol. The Bertz CT molecular complexity index is 877. The summed E-state index contributed by atoms with van der Waals surface area (Å²) in [7, 11) is 0. The van der Waals surface area contributed by atoms with Gasteiger partial charge in [-0.3, -0.25) is 9.78 Å². The number of nitrogens with one attached hydrogen (secondary N) is 1. The van der Waals surface area contributed by atoms with E-state index in [-0.39, 0.29) is 5.91 Å². The fourth-order valence-corrected chi connectivity index (χ4v) is 2.61. The first kappa shape index (κ1) is 16.9. The monoisotopic (exact) mass is 348 g/mol. The molecule has 0 bridgehead atoms. The molecule has 3 rings (SSSR count). The maximum atomic E-state index is 12.8. The molecule has 0 spiro atoms. The first-order valence-corrected chi connectivity index (χ1v) is 8.30. The second-order valence-electron chi connectivity index (χ2n) is 5.48. The maximum Gasteiger partial charge on any atom is 0.252 e. The molecule has 0 saturated heterocycles. The molecule has 0 aliphatic rings. The van der Waals surface area contributed by atoms with Crippen molar-refractivity contribution in [1.82, 2.24) is 10.3 Å². The zero-order valence-corrected chi connectivity index (χ0v) is 14.3. The minimum atomic E-state index is -0.150. The van der Waals surface area contributed by atoms with Gasteiger partial charge in [-0.15, -0.1) is 0 Å². The SMILES string of the molecule is O=C(NCc1ccncc1)/C(=C/c1ccccc1Cl)c1ccccc1. The number of carbonyl (C=O) groups excluding carboxylic acids is 1. The Morgan fingerprint density at radius 1 is 0.960 bits per heavy atom. The van der Waals surface area contributed by atoms with Gasteiger partial charge in [0.2, 0.25) is 0 Å². The van der Waals surface area contributed by atoms with E-state index >= 15 is 0 Å². The van der Waals surface area contributed by atoms with Crippen molar-refractivity contribution in [3.8, 4) is 0 Å². The summed E-state index contributed by atoms with van der Waals surface area (Å²) in [5.74, 6) is -0.150. The van der Waals surface area contributed by atoms with Gasteiger partial charge < -0.3 is 5.32 Å². The van der Waals surface area contributed by atoms with E-state index in [9.17, 15) is 4.79 Å². The first-order chi connectivity index (χ1) is 12.2. The summed E-state index contributed by atoms with van der Waals surface area (Å²) in [6.07, 6.45) is 5.23. The van der Waals surface area contributed by atoms with E-state index in [0.717, 1.165) is 16.7 Å². The van der Waals surface area contributed by atoms with Crippen LogP contribution in [0.5, 0.6) is 0 Å². The Hall–Kier alpha value is -2.91. The molecule has 1 heterocycles. The second-order valence-corrected chi connectivity index (χ2v) is 5.89.